The van der Waals surface area contributed by atoms with Gasteiger partial charge in [0, 0.05) is 12.1 Å². The zero-order valence-electron chi connectivity index (χ0n) is 23.0. The standard InChI is InChI=1S/C31H56N2/c1-6-17-32(18-7-2)24-13-11-23-12-14-25-27(31(23,5)22-24)15-16-30(4)26(8-3)29(21-28(25)30)33-19-9-10-20-33/h23-29H,6-22H2,1-5H3. The van der Waals surface area contributed by atoms with Crippen molar-refractivity contribution in [2.75, 3.05) is 26.2 Å². The summed E-state index contributed by atoms with van der Waals surface area (Å²) >= 11 is 0. The molecule has 0 aromatic carbocycles. The highest BCUT2D eigenvalue weighted by molar-refractivity contribution is 5.13. The van der Waals surface area contributed by atoms with E-state index < -0.39 is 0 Å². The van der Waals surface area contributed by atoms with Gasteiger partial charge in [0.2, 0.25) is 0 Å². The van der Waals surface area contributed by atoms with Crippen molar-refractivity contribution in [3.63, 3.8) is 0 Å². The average molecular weight is 457 g/mol. The van der Waals surface area contributed by atoms with Gasteiger partial charge in [-0.05, 0) is 144 Å². The second-order valence-electron chi connectivity index (χ2n) is 13.7. The molecule has 4 aliphatic carbocycles. The summed E-state index contributed by atoms with van der Waals surface area (Å²) in [7, 11) is 0. The van der Waals surface area contributed by atoms with E-state index in [1.807, 2.05) is 0 Å². The molecule has 2 heteroatoms. The summed E-state index contributed by atoms with van der Waals surface area (Å²) in [6, 6.07) is 1.77. The molecule has 0 radical (unpaired) electrons. The minimum absolute atomic E-state index is 0.611. The second kappa shape index (κ2) is 9.76. The molecular formula is C31H56N2. The van der Waals surface area contributed by atoms with Crippen LogP contribution in [0.25, 0.3) is 0 Å². The molecular weight excluding hydrogens is 400 g/mol. The Balaban J connectivity index is 1.38. The van der Waals surface area contributed by atoms with Gasteiger partial charge >= 0.3 is 0 Å². The van der Waals surface area contributed by atoms with Gasteiger partial charge in [0.15, 0.2) is 0 Å². The van der Waals surface area contributed by atoms with Crippen LogP contribution >= 0.6 is 0 Å². The van der Waals surface area contributed by atoms with Crippen molar-refractivity contribution in [2.24, 2.45) is 40.4 Å². The lowest BCUT2D eigenvalue weighted by Gasteiger charge is -2.62. The molecule has 1 heterocycles. The van der Waals surface area contributed by atoms with E-state index in [1.54, 1.807) is 19.3 Å². The zero-order valence-corrected chi connectivity index (χ0v) is 23.0. The number of hydrogen-bond acceptors (Lipinski definition) is 2. The van der Waals surface area contributed by atoms with Crippen LogP contribution in [0.4, 0.5) is 0 Å². The first-order chi connectivity index (χ1) is 16.0. The zero-order chi connectivity index (χ0) is 23.2. The Bertz CT molecular complexity index is 649. The third-order valence-electron chi connectivity index (χ3n) is 12.4. The van der Waals surface area contributed by atoms with Gasteiger partial charge in [-0.2, -0.15) is 0 Å². The van der Waals surface area contributed by atoms with Crippen molar-refractivity contribution in [3.05, 3.63) is 0 Å². The Labute approximate surface area is 206 Å². The molecule has 0 aromatic heterocycles. The molecule has 4 saturated carbocycles. The molecule has 1 saturated heterocycles. The lowest BCUT2D eigenvalue weighted by molar-refractivity contribution is -0.124. The van der Waals surface area contributed by atoms with Crippen LogP contribution in [0.1, 0.15) is 118 Å². The van der Waals surface area contributed by atoms with Crippen LogP contribution in [0.5, 0.6) is 0 Å². The molecule has 2 nitrogen and oxygen atoms in total. The Kier molecular flexibility index (Phi) is 7.28. The van der Waals surface area contributed by atoms with Gasteiger partial charge in [-0.3, -0.25) is 0 Å². The molecule has 1 aliphatic heterocycles. The molecule has 5 rings (SSSR count). The van der Waals surface area contributed by atoms with E-state index in [4.69, 9.17) is 0 Å². The molecule has 9 unspecified atom stereocenters. The van der Waals surface area contributed by atoms with Crippen LogP contribution in [-0.4, -0.2) is 48.1 Å². The Morgan fingerprint density at radius 1 is 0.818 bits per heavy atom. The van der Waals surface area contributed by atoms with E-state index >= 15 is 0 Å². The summed E-state index contributed by atoms with van der Waals surface area (Å²) in [5.41, 5.74) is 1.23. The molecule has 0 N–H and O–H groups in total. The van der Waals surface area contributed by atoms with Crippen LogP contribution in [0.2, 0.25) is 0 Å². The molecule has 33 heavy (non-hydrogen) atoms. The van der Waals surface area contributed by atoms with Gasteiger partial charge < -0.3 is 9.80 Å². The van der Waals surface area contributed by atoms with E-state index in [9.17, 15) is 0 Å². The van der Waals surface area contributed by atoms with Crippen molar-refractivity contribution in [3.8, 4) is 0 Å². The van der Waals surface area contributed by atoms with E-state index in [2.05, 4.69) is 44.4 Å². The maximum absolute atomic E-state index is 2.95. The van der Waals surface area contributed by atoms with Crippen LogP contribution in [0.3, 0.4) is 0 Å². The average Bonchev–Trinajstić information content (AvgIpc) is 3.43. The van der Waals surface area contributed by atoms with E-state index in [-0.39, 0.29) is 0 Å². The molecule has 5 aliphatic rings. The first-order valence-corrected chi connectivity index (χ1v) is 15.4. The SMILES string of the molecule is CCCN(CCC)C1CCC2CCC3C(CCC4(C)C3CC(N3CCCC3)C4CC)C2(C)C1. The highest BCUT2D eigenvalue weighted by atomic mass is 15.2. The van der Waals surface area contributed by atoms with Gasteiger partial charge in [0.1, 0.15) is 0 Å². The minimum Gasteiger partial charge on any atom is -0.300 e. The summed E-state index contributed by atoms with van der Waals surface area (Å²) in [5, 5.41) is 0. The van der Waals surface area contributed by atoms with Gasteiger partial charge in [0.05, 0.1) is 0 Å². The third-order valence-corrected chi connectivity index (χ3v) is 12.4. The summed E-state index contributed by atoms with van der Waals surface area (Å²) in [6.07, 6.45) is 19.2. The van der Waals surface area contributed by atoms with Crippen molar-refractivity contribution in [1.29, 1.82) is 0 Å². The maximum Gasteiger partial charge on any atom is 0.0132 e. The van der Waals surface area contributed by atoms with Crippen molar-refractivity contribution in [2.45, 2.75) is 130 Å². The monoisotopic (exact) mass is 456 g/mol. The number of likely N-dealkylation sites (tertiary alicyclic amines) is 1. The number of hydrogen-bond donors (Lipinski definition) is 0. The van der Waals surface area contributed by atoms with Crippen LogP contribution < -0.4 is 0 Å². The highest BCUT2D eigenvalue weighted by Crippen LogP contribution is 2.68. The second-order valence-corrected chi connectivity index (χ2v) is 13.7. The fourth-order valence-electron chi connectivity index (χ4n) is 11.0. The molecule has 0 aromatic rings. The van der Waals surface area contributed by atoms with E-state index in [0.29, 0.717) is 10.8 Å². The lowest BCUT2D eigenvalue weighted by atomic mass is 9.44. The summed E-state index contributed by atoms with van der Waals surface area (Å²) in [5.74, 6) is 5.01. The van der Waals surface area contributed by atoms with Crippen LogP contribution in [-0.2, 0) is 0 Å². The largest absolute Gasteiger partial charge is 0.300 e. The minimum atomic E-state index is 0.611. The van der Waals surface area contributed by atoms with E-state index in [1.165, 1.54) is 90.4 Å². The molecule has 0 bridgehead atoms. The van der Waals surface area contributed by atoms with Gasteiger partial charge in [-0.25, -0.2) is 0 Å². The first kappa shape index (κ1) is 24.6. The fraction of sp³-hybridized carbons (Fsp3) is 1.00. The maximum atomic E-state index is 2.95. The molecule has 5 fully saturated rings. The smallest absolute Gasteiger partial charge is 0.0132 e. The summed E-state index contributed by atoms with van der Waals surface area (Å²) in [4.78, 5) is 5.86. The molecule has 0 amide bonds. The fourth-order valence-corrected chi connectivity index (χ4v) is 11.0. The normalized spacial score (nSPS) is 48.0. The van der Waals surface area contributed by atoms with Crippen molar-refractivity contribution >= 4 is 0 Å². The Morgan fingerprint density at radius 3 is 2.18 bits per heavy atom. The predicted molar refractivity (Wildman–Crippen MR) is 141 cm³/mol. The molecule has 0 spiro atoms. The quantitative estimate of drug-likeness (QED) is 0.389. The van der Waals surface area contributed by atoms with Gasteiger partial charge in [0.25, 0.3) is 0 Å². The Hall–Kier alpha value is -0.0800. The molecule has 9 atom stereocenters. The van der Waals surface area contributed by atoms with Crippen LogP contribution in [0.15, 0.2) is 0 Å². The number of fused-ring (bicyclic) bond motifs is 5. The predicted octanol–water partition coefficient (Wildman–Crippen LogP) is 7.62. The van der Waals surface area contributed by atoms with Crippen molar-refractivity contribution in [1.82, 2.24) is 9.80 Å². The van der Waals surface area contributed by atoms with E-state index in [0.717, 1.165) is 41.7 Å². The van der Waals surface area contributed by atoms with Gasteiger partial charge in [-0.1, -0.05) is 41.0 Å². The molecule has 190 valence electrons. The number of nitrogens with zero attached hydrogens (tertiary/aromatic N) is 2. The highest BCUT2D eigenvalue weighted by Gasteiger charge is 2.62. The topological polar surface area (TPSA) is 6.48 Å². The first-order valence-electron chi connectivity index (χ1n) is 15.4. The van der Waals surface area contributed by atoms with Crippen LogP contribution in [0, 0.1) is 40.4 Å². The number of rotatable bonds is 7. The Morgan fingerprint density at radius 2 is 1.52 bits per heavy atom. The van der Waals surface area contributed by atoms with Gasteiger partial charge in [-0.15, -0.1) is 0 Å². The summed E-state index contributed by atoms with van der Waals surface area (Å²) in [6.45, 7) is 18.3. The van der Waals surface area contributed by atoms with Crippen molar-refractivity contribution < 1.29 is 0 Å². The summed E-state index contributed by atoms with van der Waals surface area (Å²) < 4.78 is 0. The lowest BCUT2D eigenvalue weighted by Crippen LogP contribution is -2.56. The third kappa shape index (κ3) is 4.06.